The summed E-state index contributed by atoms with van der Waals surface area (Å²) in [5, 5.41) is 0.804. The normalized spacial score (nSPS) is 30.5. The number of rotatable bonds is 2. The van der Waals surface area contributed by atoms with Gasteiger partial charge in [-0.2, -0.15) is 0 Å². The first-order valence-electron chi connectivity index (χ1n) is 8.16. The first kappa shape index (κ1) is 15.9. The summed E-state index contributed by atoms with van der Waals surface area (Å²) in [6.07, 6.45) is 5.13. The molecule has 1 saturated heterocycles. The van der Waals surface area contributed by atoms with Crippen molar-refractivity contribution in [1.82, 2.24) is 0 Å². The molecule has 4 atom stereocenters. The van der Waals surface area contributed by atoms with Crippen molar-refractivity contribution in [2.75, 3.05) is 4.90 Å². The summed E-state index contributed by atoms with van der Waals surface area (Å²) < 4.78 is 0. The van der Waals surface area contributed by atoms with E-state index in [9.17, 15) is 9.59 Å². The summed E-state index contributed by atoms with van der Waals surface area (Å²) in [6.45, 7) is 4.21. The molecule has 3 nitrogen and oxygen atoms in total. The van der Waals surface area contributed by atoms with Crippen LogP contribution in [0.5, 0.6) is 0 Å². The third kappa shape index (κ3) is 1.98. The SMILES string of the molecule is CCC(C)=C1[C@H]2C=C[C@H]1[C@H]1C(=O)N(c3ccc(Cl)cc3Cl)C(=O)[C@@H]12. The molecule has 2 bridgehead atoms. The molecule has 0 aromatic heterocycles. The second-order valence-electron chi connectivity index (χ2n) is 6.68. The van der Waals surface area contributed by atoms with E-state index < -0.39 is 0 Å². The van der Waals surface area contributed by atoms with Gasteiger partial charge in [-0.3, -0.25) is 9.59 Å². The van der Waals surface area contributed by atoms with Crippen molar-refractivity contribution in [1.29, 1.82) is 0 Å². The van der Waals surface area contributed by atoms with Gasteiger partial charge in [-0.05, 0) is 31.5 Å². The van der Waals surface area contributed by atoms with Crippen molar-refractivity contribution in [3.63, 3.8) is 0 Å². The Labute approximate surface area is 150 Å². The summed E-state index contributed by atoms with van der Waals surface area (Å²) in [7, 11) is 0. The lowest BCUT2D eigenvalue weighted by Crippen LogP contribution is -2.33. The Kier molecular flexibility index (Phi) is 3.63. The molecule has 124 valence electrons. The van der Waals surface area contributed by atoms with Crippen molar-refractivity contribution in [3.8, 4) is 0 Å². The molecule has 2 aliphatic carbocycles. The van der Waals surface area contributed by atoms with Crippen molar-refractivity contribution in [2.24, 2.45) is 23.7 Å². The lowest BCUT2D eigenvalue weighted by atomic mass is 9.85. The van der Waals surface area contributed by atoms with Crippen LogP contribution in [0.2, 0.25) is 10.0 Å². The maximum atomic E-state index is 13.0. The van der Waals surface area contributed by atoms with E-state index in [1.807, 2.05) is 0 Å². The quantitative estimate of drug-likeness (QED) is 0.568. The Hall–Kier alpha value is -1.58. The molecule has 4 rings (SSSR count). The minimum absolute atomic E-state index is 0.0486. The van der Waals surface area contributed by atoms with Crippen LogP contribution >= 0.6 is 23.2 Å². The lowest BCUT2D eigenvalue weighted by Gasteiger charge is -2.20. The van der Waals surface area contributed by atoms with Gasteiger partial charge in [-0.25, -0.2) is 4.90 Å². The highest BCUT2D eigenvalue weighted by atomic mass is 35.5. The molecule has 5 heteroatoms. The predicted molar refractivity (Wildman–Crippen MR) is 95.0 cm³/mol. The van der Waals surface area contributed by atoms with Gasteiger partial charge in [0.2, 0.25) is 11.8 Å². The van der Waals surface area contributed by atoms with Gasteiger partial charge >= 0.3 is 0 Å². The third-order valence-corrected chi connectivity index (χ3v) is 6.13. The van der Waals surface area contributed by atoms with Gasteiger partial charge in [0.25, 0.3) is 0 Å². The Bertz CT molecular complexity index is 793. The van der Waals surface area contributed by atoms with Crippen LogP contribution in [0.25, 0.3) is 0 Å². The molecular weight excluding hydrogens is 345 g/mol. The van der Waals surface area contributed by atoms with E-state index in [2.05, 4.69) is 26.0 Å². The first-order valence-corrected chi connectivity index (χ1v) is 8.92. The van der Waals surface area contributed by atoms with Crippen LogP contribution in [0.3, 0.4) is 0 Å². The molecule has 2 amide bonds. The van der Waals surface area contributed by atoms with E-state index in [4.69, 9.17) is 23.2 Å². The predicted octanol–water partition coefficient (Wildman–Crippen LogP) is 4.64. The number of imide groups is 1. The number of hydrogen-bond acceptors (Lipinski definition) is 2. The van der Waals surface area contributed by atoms with Gasteiger partial charge in [0.1, 0.15) is 0 Å². The molecule has 1 aromatic rings. The number of anilines is 1. The minimum atomic E-state index is -0.296. The number of carbonyl (C=O) groups is 2. The topological polar surface area (TPSA) is 37.4 Å². The molecule has 24 heavy (non-hydrogen) atoms. The van der Waals surface area contributed by atoms with E-state index in [0.29, 0.717) is 15.7 Å². The van der Waals surface area contributed by atoms with Crippen molar-refractivity contribution in [2.45, 2.75) is 20.3 Å². The monoisotopic (exact) mass is 361 g/mol. The van der Waals surface area contributed by atoms with Crippen LogP contribution in [0, 0.1) is 23.7 Å². The highest BCUT2D eigenvalue weighted by molar-refractivity contribution is 6.38. The molecule has 1 saturated carbocycles. The fraction of sp³-hybridized carbons (Fsp3) is 0.368. The van der Waals surface area contributed by atoms with E-state index in [1.54, 1.807) is 18.2 Å². The van der Waals surface area contributed by atoms with Crippen LogP contribution in [-0.4, -0.2) is 11.8 Å². The number of benzene rings is 1. The summed E-state index contributed by atoms with van der Waals surface area (Å²) in [5.74, 6) is -0.786. The van der Waals surface area contributed by atoms with E-state index >= 15 is 0 Å². The Morgan fingerprint density at radius 2 is 1.67 bits per heavy atom. The maximum Gasteiger partial charge on any atom is 0.238 e. The fourth-order valence-corrected chi connectivity index (χ4v) is 4.93. The van der Waals surface area contributed by atoms with Crippen LogP contribution in [0.4, 0.5) is 5.69 Å². The molecule has 1 aromatic carbocycles. The van der Waals surface area contributed by atoms with E-state index in [-0.39, 0.29) is 35.5 Å². The minimum Gasteiger partial charge on any atom is -0.274 e. The molecule has 1 heterocycles. The summed E-state index contributed by atoms with van der Waals surface area (Å²) in [4.78, 5) is 27.3. The van der Waals surface area contributed by atoms with Crippen molar-refractivity contribution >= 4 is 40.7 Å². The number of carbonyl (C=O) groups excluding carboxylic acids is 2. The maximum absolute atomic E-state index is 13.0. The molecule has 1 aliphatic heterocycles. The number of nitrogens with zero attached hydrogens (tertiary/aromatic N) is 1. The zero-order valence-corrected chi connectivity index (χ0v) is 14.9. The van der Waals surface area contributed by atoms with Crippen LogP contribution < -0.4 is 4.90 Å². The Morgan fingerprint density at radius 3 is 2.17 bits per heavy atom. The van der Waals surface area contributed by atoms with Gasteiger partial charge in [0, 0.05) is 16.9 Å². The molecular formula is C19H17Cl2NO2. The second-order valence-corrected chi connectivity index (χ2v) is 7.53. The fourth-order valence-electron chi connectivity index (χ4n) is 4.44. The van der Waals surface area contributed by atoms with Gasteiger partial charge in [0.05, 0.1) is 22.5 Å². The molecule has 0 spiro atoms. The molecule has 0 radical (unpaired) electrons. The van der Waals surface area contributed by atoms with Gasteiger partial charge < -0.3 is 0 Å². The number of hydrogen-bond donors (Lipinski definition) is 0. The van der Waals surface area contributed by atoms with Gasteiger partial charge in [-0.1, -0.05) is 53.4 Å². The largest absolute Gasteiger partial charge is 0.274 e. The van der Waals surface area contributed by atoms with Crippen LogP contribution in [0.15, 0.2) is 41.5 Å². The molecule has 3 aliphatic rings. The van der Waals surface area contributed by atoms with Gasteiger partial charge in [0.15, 0.2) is 0 Å². The van der Waals surface area contributed by atoms with Gasteiger partial charge in [-0.15, -0.1) is 0 Å². The zero-order chi connectivity index (χ0) is 17.2. The van der Waals surface area contributed by atoms with Crippen molar-refractivity contribution < 1.29 is 9.59 Å². The zero-order valence-electron chi connectivity index (χ0n) is 13.4. The number of allylic oxidation sites excluding steroid dienone is 4. The summed E-state index contributed by atoms with van der Waals surface area (Å²) in [5.41, 5.74) is 3.00. The molecule has 2 fully saturated rings. The summed E-state index contributed by atoms with van der Waals surface area (Å²) >= 11 is 12.2. The molecule has 0 unspecified atom stereocenters. The Balaban J connectivity index is 1.77. The first-order chi connectivity index (χ1) is 11.5. The number of fused-ring (bicyclic) bond motifs is 5. The third-order valence-electron chi connectivity index (χ3n) is 5.59. The summed E-state index contributed by atoms with van der Waals surface area (Å²) in [6, 6.07) is 4.86. The van der Waals surface area contributed by atoms with Crippen LogP contribution in [-0.2, 0) is 9.59 Å². The lowest BCUT2D eigenvalue weighted by molar-refractivity contribution is -0.122. The Morgan fingerprint density at radius 1 is 1.08 bits per heavy atom. The average Bonchev–Trinajstić information content (AvgIpc) is 3.18. The standard InChI is InChI=1S/C19H17Cl2NO2/c1-3-9(2)15-11-5-6-12(15)17-16(11)18(23)22(19(17)24)14-7-4-10(20)8-13(14)21/h4-8,11-12,16-17H,3H2,1-2H3/t11-,12-,16-,17-/m1/s1. The van der Waals surface area contributed by atoms with Crippen LogP contribution in [0.1, 0.15) is 20.3 Å². The van der Waals surface area contributed by atoms with Crippen molar-refractivity contribution in [3.05, 3.63) is 51.5 Å². The average molecular weight is 362 g/mol. The second kappa shape index (κ2) is 5.47. The number of amides is 2. The molecule has 0 N–H and O–H groups in total. The highest BCUT2D eigenvalue weighted by Crippen LogP contribution is 2.57. The smallest absolute Gasteiger partial charge is 0.238 e. The van der Waals surface area contributed by atoms with E-state index in [1.165, 1.54) is 16.0 Å². The number of halogens is 2. The van der Waals surface area contributed by atoms with E-state index in [0.717, 1.165) is 6.42 Å². The highest BCUT2D eigenvalue weighted by Gasteiger charge is 2.62.